The van der Waals surface area contributed by atoms with Crippen LogP contribution in [0, 0.1) is 0 Å². The first-order valence-corrected chi connectivity index (χ1v) is 8.48. The first-order chi connectivity index (χ1) is 12.3. The number of nitrogens with one attached hydrogen (secondary N) is 2. The zero-order chi connectivity index (χ0) is 17.3. The molecular formula is C19H23N5O. The van der Waals surface area contributed by atoms with Crippen LogP contribution >= 0.6 is 0 Å². The summed E-state index contributed by atoms with van der Waals surface area (Å²) in [6, 6.07) is 13.9. The van der Waals surface area contributed by atoms with Crippen LogP contribution < -0.4 is 10.6 Å². The lowest BCUT2D eigenvalue weighted by Gasteiger charge is -2.11. The predicted octanol–water partition coefficient (Wildman–Crippen LogP) is 2.90. The molecular weight excluding hydrogens is 314 g/mol. The molecule has 3 rings (SSSR count). The van der Waals surface area contributed by atoms with Crippen LogP contribution in [0.25, 0.3) is 11.5 Å². The van der Waals surface area contributed by atoms with E-state index in [9.17, 15) is 0 Å². The minimum atomic E-state index is 0.467. The highest BCUT2D eigenvalue weighted by Gasteiger charge is 2.06. The van der Waals surface area contributed by atoms with Crippen LogP contribution in [0.3, 0.4) is 0 Å². The zero-order valence-electron chi connectivity index (χ0n) is 14.4. The van der Waals surface area contributed by atoms with E-state index in [4.69, 9.17) is 4.42 Å². The van der Waals surface area contributed by atoms with Crippen molar-refractivity contribution < 1.29 is 4.42 Å². The second kappa shape index (κ2) is 8.73. The quantitative estimate of drug-likeness (QED) is 0.514. The number of hydrogen-bond donors (Lipinski definition) is 2. The summed E-state index contributed by atoms with van der Waals surface area (Å²) in [6.45, 7) is 5.01. The standard InChI is InChI=1S/C19H23N5O/c1-2-20-19(21-10-13-24-11-6-7-12-24)22-14-17-15-25-18(23-17)16-8-4-3-5-9-16/h3-9,11-12,15H,2,10,13-14H2,1H3,(H2,20,21,22). The van der Waals surface area contributed by atoms with Crippen molar-refractivity contribution in [3.63, 3.8) is 0 Å². The number of hydrogen-bond acceptors (Lipinski definition) is 3. The second-order valence-corrected chi connectivity index (χ2v) is 5.55. The minimum absolute atomic E-state index is 0.467. The number of aromatic nitrogens is 2. The van der Waals surface area contributed by atoms with Crippen molar-refractivity contribution in [2.75, 3.05) is 13.1 Å². The maximum Gasteiger partial charge on any atom is 0.226 e. The smallest absolute Gasteiger partial charge is 0.226 e. The Bertz CT molecular complexity index is 777. The topological polar surface area (TPSA) is 67.4 Å². The Morgan fingerprint density at radius 2 is 1.92 bits per heavy atom. The van der Waals surface area contributed by atoms with E-state index in [-0.39, 0.29) is 0 Å². The summed E-state index contributed by atoms with van der Waals surface area (Å²) in [7, 11) is 0. The van der Waals surface area contributed by atoms with Gasteiger partial charge in [-0.2, -0.15) is 0 Å². The number of benzene rings is 1. The molecule has 0 saturated heterocycles. The third-order valence-corrected chi connectivity index (χ3v) is 3.64. The summed E-state index contributed by atoms with van der Waals surface area (Å²) in [5.74, 6) is 1.40. The molecule has 25 heavy (non-hydrogen) atoms. The summed E-state index contributed by atoms with van der Waals surface area (Å²) in [5, 5.41) is 6.57. The molecule has 2 aromatic heterocycles. The lowest BCUT2D eigenvalue weighted by atomic mass is 10.2. The Morgan fingerprint density at radius 1 is 1.12 bits per heavy atom. The van der Waals surface area contributed by atoms with Gasteiger partial charge >= 0.3 is 0 Å². The van der Waals surface area contributed by atoms with Crippen LogP contribution in [0.1, 0.15) is 12.6 Å². The Labute approximate surface area is 147 Å². The molecule has 0 bridgehead atoms. The molecule has 6 nitrogen and oxygen atoms in total. The number of aliphatic imine (C=N–C) groups is 1. The van der Waals surface area contributed by atoms with Gasteiger partial charge in [-0.25, -0.2) is 9.98 Å². The molecule has 0 spiro atoms. The van der Waals surface area contributed by atoms with Crippen LogP contribution in [0.15, 0.2) is 70.5 Å². The van der Waals surface area contributed by atoms with Crippen molar-refractivity contribution in [2.45, 2.75) is 20.0 Å². The minimum Gasteiger partial charge on any atom is -0.444 e. The average molecular weight is 337 g/mol. The van der Waals surface area contributed by atoms with Crippen LogP contribution in [-0.2, 0) is 13.1 Å². The van der Waals surface area contributed by atoms with E-state index < -0.39 is 0 Å². The number of guanidine groups is 1. The molecule has 0 fully saturated rings. The summed E-state index contributed by atoms with van der Waals surface area (Å²) in [6.07, 6.45) is 5.76. The van der Waals surface area contributed by atoms with Crippen molar-refractivity contribution in [1.29, 1.82) is 0 Å². The lowest BCUT2D eigenvalue weighted by molar-refractivity contribution is 0.572. The molecule has 0 atom stereocenters. The Balaban J connectivity index is 1.56. The van der Waals surface area contributed by atoms with Crippen LogP contribution in [-0.4, -0.2) is 28.6 Å². The normalized spacial score (nSPS) is 11.5. The lowest BCUT2D eigenvalue weighted by Crippen LogP contribution is -2.38. The Hall–Kier alpha value is -3.02. The Kier molecular flexibility index (Phi) is 5.87. The third kappa shape index (κ3) is 4.97. The molecule has 2 heterocycles. The fourth-order valence-corrected chi connectivity index (χ4v) is 2.42. The van der Waals surface area contributed by atoms with Gasteiger partial charge in [-0.1, -0.05) is 18.2 Å². The van der Waals surface area contributed by atoms with Crippen molar-refractivity contribution >= 4 is 5.96 Å². The van der Waals surface area contributed by atoms with Gasteiger partial charge in [0.05, 0.1) is 6.54 Å². The van der Waals surface area contributed by atoms with Gasteiger partial charge in [0.2, 0.25) is 5.89 Å². The molecule has 0 amide bonds. The SMILES string of the molecule is CCNC(=NCc1coc(-c2ccccc2)n1)NCCn1cccc1. The predicted molar refractivity (Wildman–Crippen MR) is 99.2 cm³/mol. The van der Waals surface area contributed by atoms with E-state index >= 15 is 0 Å². The Morgan fingerprint density at radius 3 is 2.68 bits per heavy atom. The number of nitrogens with zero attached hydrogens (tertiary/aromatic N) is 3. The van der Waals surface area contributed by atoms with Gasteiger partial charge in [0, 0.05) is 37.6 Å². The molecule has 0 unspecified atom stereocenters. The van der Waals surface area contributed by atoms with Crippen molar-refractivity contribution in [3.8, 4) is 11.5 Å². The molecule has 0 aliphatic heterocycles. The molecule has 0 aliphatic rings. The maximum atomic E-state index is 5.55. The van der Waals surface area contributed by atoms with Crippen LogP contribution in [0.4, 0.5) is 0 Å². The monoisotopic (exact) mass is 337 g/mol. The molecule has 6 heteroatoms. The summed E-state index contributed by atoms with van der Waals surface area (Å²) >= 11 is 0. The summed E-state index contributed by atoms with van der Waals surface area (Å²) in [4.78, 5) is 9.07. The second-order valence-electron chi connectivity index (χ2n) is 5.55. The summed E-state index contributed by atoms with van der Waals surface area (Å²) in [5.41, 5.74) is 1.77. The van der Waals surface area contributed by atoms with Crippen molar-refractivity contribution in [1.82, 2.24) is 20.2 Å². The van der Waals surface area contributed by atoms with Gasteiger partial charge < -0.3 is 19.6 Å². The van der Waals surface area contributed by atoms with Crippen LogP contribution in [0.5, 0.6) is 0 Å². The number of rotatable bonds is 7. The average Bonchev–Trinajstić information content (AvgIpc) is 3.32. The van der Waals surface area contributed by atoms with Crippen molar-refractivity contribution in [3.05, 3.63) is 66.8 Å². The van der Waals surface area contributed by atoms with E-state index in [0.717, 1.165) is 36.9 Å². The molecule has 3 aromatic rings. The van der Waals surface area contributed by atoms with Gasteiger partial charge in [-0.3, -0.25) is 0 Å². The van der Waals surface area contributed by atoms with E-state index in [2.05, 4.69) is 25.2 Å². The van der Waals surface area contributed by atoms with E-state index in [1.807, 2.05) is 61.8 Å². The molecule has 130 valence electrons. The fourth-order valence-electron chi connectivity index (χ4n) is 2.42. The van der Waals surface area contributed by atoms with Gasteiger partial charge in [0.1, 0.15) is 12.0 Å². The molecule has 1 aromatic carbocycles. The van der Waals surface area contributed by atoms with Gasteiger partial charge in [0.25, 0.3) is 0 Å². The van der Waals surface area contributed by atoms with Gasteiger partial charge in [-0.05, 0) is 31.2 Å². The highest BCUT2D eigenvalue weighted by Crippen LogP contribution is 2.18. The van der Waals surface area contributed by atoms with E-state index in [1.165, 1.54) is 0 Å². The molecule has 2 N–H and O–H groups in total. The maximum absolute atomic E-state index is 5.55. The van der Waals surface area contributed by atoms with Crippen LogP contribution in [0.2, 0.25) is 0 Å². The highest BCUT2D eigenvalue weighted by molar-refractivity contribution is 5.79. The fraction of sp³-hybridized carbons (Fsp3) is 0.263. The summed E-state index contributed by atoms with van der Waals surface area (Å²) < 4.78 is 7.67. The van der Waals surface area contributed by atoms with Gasteiger partial charge in [0.15, 0.2) is 5.96 Å². The van der Waals surface area contributed by atoms with E-state index in [0.29, 0.717) is 12.4 Å². The van der Waals surface area contributed by atoms with E-state index in [1.54, 1.807) is 6.26 Å². The first kappa shape index (κ1) is 16.8. The highest BCUT2D eigenvalue weighted by atomic mass is 16.3. The molecule has 0 radical (unpaired) electrons. The van der Waals surface area contributed by atoms with Crippen molar-refractivity contribution in [2.24, 2.45) is 4.99 Å². The molecule has 0 saturated carbocycles. The number of oxazole rings is 1. The third-order valence-electron chi connectivity index (χ3n) is 3.64. The first-order valence-electron chi connectivity index (χ1n) is 8.48. The molecule has 0 aliphatic carbocycles. The zero-order valence-corrected chi connectivity index (χ0v) is 14.4. The van der Waals surface area contributed by atoms with Gasteiger partial charge in [-0.15, -0.1) is 0 Å². The largest absolute Gasteiger partial charge is 0.444 e.